The van der Waals surface area contributed by atoms with Gasteiger partial charge in [0.25, 0.3) is 0 Å². The third kappa shape index (κ3) is 4.13. The number of nitrogens with zero attached hydrogens (tertiary/aromatic N) is 1. The Morgan fingerprint density at radius 2 is 1.95 bits per heavy atom. The van der Waals surface area contributed by atoms with Gasteiger partial charge in [-0.1, -0.05) is 32.9 Å². The Labute approximate surface area is 117 Å². The van der Waals surface area contributed by atoms with E-state index < -0.39 is 0 Å². The fourth-order valence-corrected chi connectivity index (χ4v) is 2.03. The van der Waals surface area contributed by atoms with Crippen LogP contribution < -0.4 is 4.74 Å². The SMILES string of the molecule is CCOc1cccc(CN(C)C(C)C(C)(C)C)c1O. The van der Waals surface area contributed by atoms with Gasteiger partial charge in [0.2, 0.25) is 0 Å². The van der Waals surface area contributed by atoms with E-state index in [1.54, 1.807) is 6.07 Å². The molecule has 0 spiro atoms. The molecule has 1 unspecified atom stereocenters. The van der Waals surface area contributed by atoms with Gasteiger partial charge in [-0.3, -0.25) is 4.90 Å². The van der Waals surface area contributed by atoms with E-state index in [1.165, 1.54) is 0 Å². The van der Waals surface area contributed by atoms with Crippen LogP contribution in [0, 0.1) is 5.41 Å². The van der Waals surface area contributed by atoms with Crippen molar-refractivity contribution in [1.29, 1.82) is 0 Å². The maximum Gasteiger partial charge on any atom is 0.162 e. The van der Waals surface area contributed by atoms with Crippen LogP contribution in [0.2, 0.25) is 0 Å². The van der Waals surface area contributed by atoms with E-state index in [2.05, 4.69) is 39.6 Å². The first-order valence-corrected chi connectivity index (χ1v) is 6.91. The molecule has 0 fully saturated rings. The smallest absolute Gasteiger partial charge is 0.162 e. The lowest BCUT2D eigenvalue weighted by molar-refractivity contribution is 0.133. The summed E-state index contributed by atoms with van der Waals surface area (Å²) in [6.07, 6.45) is 0. The first kappa shape index (κ1) is 15.8. The molecule has 19 heavy (non-hydrogen) atoms. The van der Waals surface area contributed by atoms with Crippen molar-refractivity contribution < 1.29 is 9.84 Å². The van der Waals surface area contributed by atoms with E-state index in [-0.39, 0.29) is 11.2 Å². The minimum absolute atomic E-state index is 0.210. The van der Waals surface area contributed by atoms with Crippen molar-refractivity contribution in [3.8, 4) is 11.5 Å². The van der Waals surface area contributed by atoms with E-state index in [1.807, 2.05) is 19.1 Å². The van der Waals surface area contributed by atoms with Gasteiger partial charge in [-0.05, 0) is 32.4 Å². The van der Waals surface area contributed by atoms with Gasteiger partial charge in [-0.2, -0.15) is 0 Å². The Bertz CT molecular complexity index is 410. The highest BCUT2D eigenvalue weighted by Crippen LogP contribution is 2.32. The maximum absolute atomic E-state index is 10.2. The molecule has 1 rings (SSSR count). The molecule has 0 aliphatic carbocycles. The van der Waals surface area contributed by atoms with Crippen LogP contribution in [0.5, 0.6) is 11.5 Å². The van der Waals surface area contributed by atoms with Crippen molar-refractivity contribution in [2.45, 2.75) is 47.2 Å². The molecule has 0 saturated heterocycles. The van der Waals surface area contributed by atoms with Crippen LogP contribution in [0.25, 0.3) is 0 Å². The predicted octanol–water partition coefficient (Wildman–Crippen LogP) is 3.66. The molecule has 0 saturated carbocycles. The lowest BCUT2D eigenvalue weighted by atomic mass is 9.87. The number of ether oxygens (including phenoxy) is 1. The van der Waals surface area contributed by atoms with Crippen LogP contribution in [0.3, 0.4) is 0 Å². The molecule has 0 heterocycles. The second-order valence-electron chi connectivity index (χ2n) is 6.15. The number of para-hydroxylation sites is 1. The van der Waals surface area contributed by atoms with Crippen LogP contribution in [0.15, 0.2) is 18.2 Å². The van der Waals surface area contributed by atoms with Gasteiger partial charge in [-0.25, -0.2) is 0 Å². The highest BCUT2D eigenvalue weighted by Gasteiger charge is 2.24. The van der Waals surface area contributed by atoms with Gasteiger partial charge < -0.3 is 9.84 Å². The van der Waals surface area contributed by atoms with Gasteiger partial charge in [0, 0.05) is 18.2 Å². The monoisotopic (exact) mass is 265 g/mol. The fourth-order valence-electron chi connectivity index (χ4n) is 2.03. The molecule has 0 aliphatic heterocycles. The second-order valence-corrected chi connectivity index (χ2v) is 6.15. The fraction of sp³-hybridized carbons (Fsp3) is 0.625. The summed E-state index contributed by atoms with van der Waals surface area (Å²) in [4.78, 5) is 2.25. The molecule has 0 aromatic heterocycles. The summed E-state index contributed by atoms with van der Waals surface area (Å²) in [6, 6.07) is 6.09. The zero-order valence-electron chi connectivity index (χ0n) is 13.0. The van der Waals surface area contributed by atoms with E-state index in [9.17, 15) is 5.11 Å². The number of phenolic OH excluding ortho intramolecular Hbond substituents is 1. The average Bonchev–Trinajstić information content (AvgIpc) is 2.32. The number of rotatable bonds is 5. The number of phenols is 1. The van der Waals surface area contributed by atoms with Crippen molar-refractivity contribution in [2.75, 3.05) is 13.7 Å². The van der Waals surface area contributed by atoms with E-state index in [0.29, 0.717) is 24.9 Å². The van der Waals surface area contributed by atoms with Crippen molar-refractivity contribution in [2.24, 2.45) is 5.41 Å². The summed E-state index contributed by atoms with van der Waals surface area (Å²) in [5, 5.41) is 10.2. The van der Waals surface area contributed by atoms with Gasteiger partial charge in [0.15, 0.2) is 11.5 Å². The zero-order chi connectivity index (χ0) is 14.6. The highest BCUT2D eigenvalue weighted by atomic mass is 16.5. The van der Waals surface area contributed by atoms with Crippen LogP contribution >= 0.6 is 0 Å². The van der Waals surface area contributed by atoms with E-state index in [4.69, 9.17) is 4.74 Å². The molecule has 0 bridgehead atoms. The molecular weight excluding hydrogens is 238 g/mol. The van der Waals surface area contributed by atoms with Gasteiger partial charge in [0.05, 0.1) is 6.61 Å². The molecule has 1 aromatic rings. The minimum atomic E-state index is 0.210. The van der Waals surface area contributed by atoms with Crippen molar-refractivity contribution >= 4 is 0 Å². The van der Waals surface area contributed by atoms with E-state index in [0.717, 1.165) is 5.56 Å². The topological polar surface area (TPSA) is 32.7 Å². The second kappa shape index (κ2) is 6.29. The average molecular weight is 265 g/mol. The first-order valence-electron chi connectivity index (χ1n) is 6.91. The summed E-state index contributed by atoms with van der Waals surface area (Å²) in [5.74, 6) is 0.828. The minimum Gasteiger partial charge on any atom is -0.504 e. The number of aromatic hydroxyl groups is 1. The zero-order valence-corrected chi connectivity index (χ0v) is 13.0. The summed E-state index contributed by atoms with van der Waals surface area (Å²) in [6.45, 7) is 12.1. The summed E-state index contributed by atoms with van der Waals surface area (Å²) in [7, 11) is 2.09. The quantitative estimate of drug-likeness (QED) is 0.882. The Balaban J connectivity index is 2.85. The number of benzene rings is 1. The molecule has 3 heteroatoms. The third-order valence-electron chi connectivity index (χ3n) is 3.72. The largest absolute Gasteiger partial charge is 0.504 e. The Morgan fingerprint density at radius 3 is 2.47 bits per heavy atom. The summed E-state index contributed by atoms with van der Waals surface area (Å²) in [5.41, 5.74) is 1.12. The first-order chi connectivity index (χ1) is 8.77. The molecule has 1 N–H and O–H groups in total. The van der Waals surface area contributed by atoms with Crippen molar-refractivity contribution in [1.82, 2.24) is 4.90 Å². The van der Waals surface area contributed by atoms with Crippen molar-refractivity contribution in [3.05, 3.63) is 23.8 Å². The van der Waals surface area contributed by atoms with Gasteiger partial charge in [-0.15, -0.1) is 0 Å². The predicted molar refractivity (Wildman–Crippen MR) is 79.7 cm³/mol. The normalized spacial score (nSPS) is 13.6. The molecule has 3 nitrogen and oxygen atoms in total. The molecule has 0 radical (unpaired) electrons. The van der Waals surface area contributed by atoms with Crippen LogP contribution in [0.1, 0.15) is 40.2 Å². The molecule has 0 aliphatic rings. The van der Waals surface area contributed by atoms with E-state index >= 15 is 0 Å². The lowest BCUT2D eigenvalue weighted by Crippen LogP contribution is -2.38. The van der Waals surface area contributed by atoms with Crippen molar-refractivity contribution in [3.63, 3.8) is 0 Å². The molecular formula is C16H27NO2. The van der Waals surface area contributed by atoms with Crippen LogP contribution in [0.4, 0.5) is 0 Å². The molecule has 1 atom stereocenters. The number of hydrogen-bond acceptors (Lipinski definition) is 3. The Morgan fingerprint density at radius 1 is 1.32 bits per heavy atom. The molecule has 108 valence electrons. The standard InChI is InChI=1S/C16H27NO2/c1-7-19-14-10-8-9-13(15(14)18)11-17(6)12(2)16(3,4)5/h8-10,12,18H,7,11H2,1-6H3. The lowest BCUT2D eigenvalue weighted by Gasteiger charge is -2.35. The Hall–Kier alpha value is -1.22. The molecule has 0 amide bonds. The van der Waals surface area contributed by atoms with Gasteiger partial charge in [0.1, 0.15) is 0 Å². The summed E-state index contributed by atoms with van der Waals surface area (Å²) < 4.78 is 5.42. The maximum atomic E-state index is 10.2. The number of hydrogen-bond donors (Lipinski definition) is 1. The third-order valence-corrected chi connectivity index (χ3v) is 3.72. The van der Waals surface area contributed by atoms with Gasteiger partial charge >= 0.3 is 0 Å². The van der Waals surface area contributed by atoms with Crippen LogP contribution in [-0.2, 0) is 6.54 Å². The molecule has 1 aromatic carbocycles. The Kier molecular flexibility index (Phi) is 5.24. The van der Waals surface area contributed by atoms with Crippen LogP contribution in [-0.4, -0.2) is 29.7 Å². The summed E-state index contributed by atoms with van der Waals surface area (Å²) >= 11 is 0. The highest BCUT2D eigenvalue weighted by molar-refractivity contribution is 5.45.